The fourth-order valence-corrected chi connectivity index (χ4v) is 4.03. The average molecular weight is 350 g/mol. The molecular formula is C17H19FN2O3S. The van der Waals surface area contributed by atoms with E-state index in [-0.39, 0.29) is 12.6 Å². The van der Waals surface area contributed by atoms with E-state index in [0.717, 1.165) is 29.9 Å². The molecule has 0 bridgehead atoms. The maximum absolute atomic E-state index is 13.8. The van der Waals surface area contributed by atoms with Gasteiger partial charge >= 0.3 is 0 Å². The van der Waals surface area contributed by atoms with E-state index >= 15 is 0 Å². The Labute approximate surface area is 143 Å². The molecule has 128 valence electrons. The van der Waals surface area contributed by atoms with E-state index in [9.17, 15) is 4.39 Å². The minimum absolute atomic E-state index is 0.197. The summed E-state index contributed by atoms with van der Waals surface area (Å²) in [5.41, 5.74) is 1.53. The average Bonchev–Trinajstić information content (AvgIpc) is 3.09. The van der Waals surface area contributed by atoms with E-state index in [4.69, 9.17) is 13.9 Å². The Balaban J connectivity index is 1.45. The molecule has 0 atom stereocenters. The molecule has 1 aliphatic heterocycles. The fraction of sp³-hybridized carbons (Fsp3) is 0.529. The molecule has 4 rings (SSSR count). The predicted octanol–water partition coefficient (Wildman–Crippen LogP) is 4.42. The van der Waals surface area contributed by atoms with Crippen LogP contribution in [0.5, 0.6) is 5.75 Å². The molecule has 0 spiro atoms. The van der Waals surface area contributed by atoms with Crippen LogP contribution in [-0.4, -0.2) is 17.0 Å². The van der Waals surface area contributed by atoms with Crippen LogP contribution in [0.3, 0.4) is 0 Å². The second-order valence-corrected chi connectivity index (χ2v) is 7.12. The molecular weight excluding hydrogens is 331 g/mol. The summed E-state index contributed by atoms with van der Waals surface area (Å²) >= 11 is 1.41. The monoisotopic (exact) mass is 350 g/mol. The Morgan fingerprint density at radius 1 is 1.17 bits per heavy atom. The van der Waals surface area contributed by atoms with E-state index in [2.05, 4.69) is 10.2 Å². The normalized spacial score (nSPS) is 18.2. The van der Waals surface area contributed by atoms with Crippen molar-refractivity contribution in [3.05, 3.63) is 35.0 Å². The molecule has 0 amide bonds. The summed E-state index contributed by atoms with van der Waals surface area (Å²) in [4.78, 5) is 0. The lowest BCUT2D eigenvalue weighted by molar-refractivity contribution is -0.0171. The molecule has 24 heavy (non-hydrogen) atoms. The number of rotatable bonds is 4. The summed E-state index contributed by atoms with van der Waals surface area (Å²) in [5.74, 6) is 2.08. The summed E-state index contributed by atoms with van der Waals surface area (Å²) < 4.78 is 30.3. The first-order valence-electron chi connectivity index (χ1n) is 8.27. The van der Waals surface area contributed by atoms with Crippen LogP contribution < -0.4 is 4.74 Å². The Bertz CT molecular complexity index is 716. The molecule has 1 fully saturated rings. The highest BCUT2D eigenvalue weighted by Crippen LogP contribution is 2.36. The minimum Gasteiger partial charge on any atom is -0.467 e. The van der Waals surface area contributed by atoms with Gasteiger partial charge in [0.2, 0.25) is 5.89 Å². The zero-order valence-electron chi connectivity index (χ0n) is 13.3. The van der Waals surface area contributed by atoms with Crippen molar-refractivity contribution < 1.29 is 18.3 Å². The fourth-order valence-electron chi connectivity index (χ4n) is 3.30. The van der Waals surface area contributed by atoms with E-state index in [1.165, 1.54) is 43.2 Å². The van der Waals surface area contributed by atoms with Gasteiger partial charge in [-0.3, -0.25) is 0 Å². The van der Waals surface area contributed by atoms with Crippen LogP contribution in [0.4, 0.5) is 4.39 Å². The van der Waals surface area contributed by atoms with Gasteiger partial charge in [0.05, 0.1) is 6.61 Å². The molecule has 5 nitrogen and oxygen atoms in total. The van der Waals surface area contributed by atoms with Gasteiger partial charge in [0.15, 0.2) is 6.79 Å². The summed E-state index contributed by atoms with van der Waals surface area (Å²) in [5, 5.41) is 8.85. The third-order valence-corrected chi connectivity index (χ3v) is 5.35. The molecule has 2 aliphatic rings. The van der Waals surface area contributed by atoms with Gasteiger partial charge in [-0.25, -0.2) is 4.39 Å². The van der Waals surface area contributed by atoms with Gasteiger partial charge in [0, 0.05) is 22.8 Å². The van der Waals surface area contributed by atoms with Crippen LogP contribution in [0.2, 0.25) is 0 Å². The lowest BCUT2D eigenvalue weighted by atomic mass is 9.89. The SMILES string of the molecule is Fc1cc2c(c(CSc3nnc(C4CCCCC4)o3)c1)OCOC2. The van der Waals surface area contributed by atoms with Crippen molar-refractivity contribution in [2.45, 2.75) is 55.6 Å². The van der Waals surface area contributed by atoms with E-state index in [1.807, 2.05) is 0 Å². The lowest BCUT2D eigenvalue weighted by Gasteiger charge is -2.20. The Kier molecular flexibility index (Phi) is 4.71. The molecule has 2 aromatic rings. The summed E-state index contributed by atoms with van der Waals surface area (Å²) in [6.07, 6.45) is 5.99. The van der Waals surface area contributed by atoms with Crippen molar-refractivity contribution in [3.8, 4) is 5.75 Å². The van der Waals surface area contributed by atoms with Gasteiger partial charge in [0.1, 0.15) is 11.6 Å². The smallest absolute Gasteiger partial charge is 0.276 e. The van der Waals surface area contributed by atoms with Crippen LogP contribution >= 0.6 is 11.8 Å². The first kappa shape index (κ1) is 15.9. The van der Waals surface area contributed by atoms with Crippen LogP contribution in [0.15, 0.2) is 21.8 Å². The molecule has 1 aliphatic carbocycles. The Morgan fingerprint density at radius 2 is 2.04 bits per heavy atom. The van der Waals surface area contributed by atoms with Crippen molar-refractivity contribution in [1.82, 2.24) is 10.2 Å². The number of hydrogen-bond acceptors (Lipinski definition) is 6. The zero-order valence-corrected chi connectivity index (χ0v) is 14.1. The topological polar surface area (TPSA) is 57.4 Å². The van der Waals surface area contributed by atoms with Crippen molar-refractivity contribution in [1.29, 1.82) is 0 Å². The van der Waals surface area contributed by atoms with Gasteiger partial charge in [-0.05, 0) is 25.0 Å². The highest BCUT2D eigenvalue weighted by atomic mass is 32.2. The Morgan fingerprint density at radius 3 is 2.92 bits per heavy atom. The van der Waals surface area contributed by atoms with Crippen molar-refractivity contribution in [3.63, 3.8) is 0 Å². The van der Waals surface area contributed by atoms with Crippen LogP contribution in [0.25, 0.3) is 0 Å². The van der Waals surface area contributed by atoms with Crippen molar-refractivity contribution >= 4 is 11.8 Å². The second-order valence-electron chi connectivity index (χ2n) is 6.19. The number of ether oxygens (including phenoxy) is 2. The number of thioether (sulfide) groups is 1. The van der Waals surface area contributed by atoms with Crippen molar-refractivity contribution in [2.75, 3.05) is 6.79 Å². The predicted molar refractivity (Wildman–Crippen MR) is 86.4 cm³/mol. The van der Waals surface area contributed by atoms with E-state index in [1.54, 1.807) is 0 Å². The number of aromatic nitrogens is 2. The molecule has 1 aromatic heterocycles. The maximum atomic E-state index is 13.8. The van der Waals surface area contributed by atoms with E-state index in [0.29, 0.717) is 29.2 Å². The number of halogens is 1. The largest absolute Gasteiger partial charge is 0.467 e. The highest BCUT2D eigenvalue weighted by Gasteiger charge is 2.22. The molecule has 0 unspecified atom stereocenters. The number of nitrogens with zero attached hydrogens (tertiary/aromatic N) is 2. The second kappa shape index (κ2) is 7.11. The summed E-state index contributed by atoms with van der Waals surface area (Å²) in [7, 11) is 0. The first-order valence-corrected chi connectivity index (χ1v) is 9.26. The molecule has 1 saturated carbocycles. The quantitative estimate of drug-likeness (QED) is 0.761. The lowest BCUT2D eigenvalue weighted by Crippen LogP contribution is -2.13. The molecule has 0 radical (unpaired) electrons. The van der Waals surface area contributed by atoms with Crippen LogP contribution in [-0.2, 0) is 17.1 Å². The van der Waals surface area contributed by atoms with Gasteiger partial charge < -0.3 is 13.9 Å². The Hall–Kier alpha value is -1.60. The highest BCUT2D eigenvalue weighted by molar-refractivity contribution is 7.98. The van der Waals surface area contributed by atoms with Gasteiger partial charge in [-0.15, -0.1) is 10.2 Å². The molecule has 7 heteroatoms. The van der Waals surface area contributed by atoms with Gasteiger partial charge in [-0.1, -0.05) is 31.0 Å². The van der Waals surface area contributed by atoms with Gasteiger partial charge in [0.25, 0.3) is 5.22 Å². The van der Waals surface area contributed by atoms with E-state index < -0.39 is 0 Å². The molecule has 1 aromatic carbocycles. The molecule has 0 saturated heterocycles. The molecule has 0 N–H and O–H groups in total. The van der Waals surface area contributed by atoms with Gasteiger partial charge in [-0.2, -0.15) is 0 Å². The van der Waals surface area contributed by atoms with Crippen LogP contribution in [0, 0.1) is 5.82 Å². The summed E-state index contributed by atoms with van der Waals surface area (Å²) in [6, 6.07) is 2.95. The standard InChI is InChI=1S/C17H19FN2O3S/c18-14-6-12-8-21-10-22-15(12)13(7-14)9-24-17-20-19-16(23-17)11-4-2-1-3-5-11/h6-7,11H,1-5,8-10H2. The van der Waals surface area contributed by atoms with Crippen molar-refractivity contribution in [2.24, 2.45) is 0 Å². The number of fused-ring (bicyclic) bond motifs is 1. The third kappa shape index (κ3) is 3.42. The first-order chi connectivity index (χ1) is 11.8. The maximum Gasteiger partial charge on any atom is 0.276 e. The number of hydrogen-bond donors (Lipinski definition) is 0. The molecule has 2 heterocycles. The minimum atomic E-state index is -0.285. The zero-order chi connectivity index (χ0) is 16.4. The summed E-state index contributed by atoms with van der Waals surface area (Å²) in [6.45, 7) is 0.569. The third-order valence-electron chi connectivity index (χ3n) is 4.48. The number of benzene rings is 1. The van der Waals surface area contributed by atoms with Crippen LogP contribution in [0.1, 0.15) is 55.0 Å².